The minimum Gasteiger partial charge on any atom is -0.493 e. The van der Waals surface area contributed by atoms with E-state index in [1.165, 1.54) is 19.1 Å². The van der Waals surface area contributed by atoms with E-state index in [-0.39, 0.29) is 11.7 Å². The summed E-state index contributed by atoms with van der Waals surface area (Å²) in [5.41, 5.74) is 2.70. The smallest absolute Gasteiger partial charge is 0.240 e. The number of nitrogens with zero attached hydrogens (tertiary/aromatic N) is 2. The number of Topliss-reactive ketones (excluding diaryl/α,β-unsaturated/α-hetero) is 1. The number of hydrogen-bond donors (Lipinski definition) is 0. The lowest BCUT2D eigenvalue weighted by molar-refractivity contribution is -0.123. The van der Waals surface area contributed by atoms with Crippen LogP contribution in [-0.4, -0.2) is 42.8 Å². The van der Waals surface area contributed by atoms with Crippen LogP contribution >= 0.6 is 11.6 Å². The van der Waals surface area contributed by atoms with Crippen molar-refractivity contribution in [2.45, 2.75) is 12.1 Å². The number of imide groups is 1. The average molecular weight is 515 g/mol. The number of amides is 2. The molecule has 3 aliphatic rings. The molecule has 0 N–H and O–H groups in total. The van der Waals surface area contributed by atoms with Gasteiger partial charge >= 0.3 is 0 Å². The minimum absolute atomic E-state index is 0.262. The van der Waals surface area contributed by atoms with Crippen LogP contribution in [0.15, 0.2) is 72.9 Å². The maximum atomic E-state index is 14.1. The molecule has 2 amide bonds. The standard InChI is InChI=1S/C29H23ClN2O5/c1-36-21-12-7-17(15-22(21)37-2)27(33)26-24-23(25-20-6-4-3-5-16(20)13-14-31(25)26)28(34)32(29(24)35)19-10-8-18(30)9-11-19/h3-15,23-26H,1-2H3/t23-,24-,25+,26-/m0/s1. The highest BCUT2D eigenvalue weighted by Crippen LogP contribution is 2.53. The van der Waals surface area contributed by atoms with Crippen molar-refractivity contribution >= 4 is 41.0 Å². The normalized spacial score (nSPS) is 23.5. The van der Waals surface area contributed by atoms with Crippen molar-refractivity contribution in [2.24, 2.45) is 11.8 Å². The fraction of sp³-hybridized carbons (Fsp3) is 0.207. The zero-order valence-corrected chi connectivity index (χ0v) is 20.9. The molecule has 2 saturated heterocycles. The Labute approximate surface area is 218 Å². The number of ketones is 1. The van der Waals surface area contributed by atoms with Gasteiger partial charge in [-0.05, 0) is 59.7 Å². The molecule has 37 heavy (non-hydrogen) atoms. The van der Waals surface area contributed by atoms with Gasteiger partial charge in [0.05, 0.1) is 37.8 Å². The lowest BCUT2D eigenvalue weighted by Crippen LogP contribution is -2.44. The molecule has 0 aromatic heterocycles. The van der Waals surface area contributed by atoms with Crippen molar-refractivity contribution in [1.29, 1.82) is 0 Å². The van der Waals surface area contributed by atoms with Crippen LogP contribution in [-0.2, 0) is 9.59 Å². The first-order valence-corrected chi connectivity index (χ1v) is 12.3. The number of rotatable bonds is 5. The summed E-state index contributed by atoms with van der Waals surface area (Å²) in [5, 5.41) is 0.502. The highest BCUT2D eigenvalue weighted by molar-refractivity contribution is 6.31. The Kier molecular flexibility index (Phi) is 5.53. The second kappa shape index (κ2) is 8.78. The predicted molar refractivity (Wildman–Crippen MR) is 139 cm³/mol. The Hall–Kier alpha value is -4.10. The molecule has 4 atom stereocenters. The summed E-state index contributed by atoms with van der Waals surface area (Å²) < 4.78 is 10.7. The number of benzene rings is 3. The van der Waals surface area contributed by atoms with Gasteiger partial charge in [-0.15, -0.1) is 0 Å². The summed E-state index contributed by atoms with van der Waals surface area (Å²) in [6.07, 6.45) is 3.76. The monoisotopic (exact) mass is 514 g/mol. The Morgan fingerprint density at radius 1 is 0.865 bits per heavy atom. The third-order valence-corrected chi connectivity index (χ3v) is 7.74. The van der Waals surface area contributed by atoms with E-state index >= 15 is 0 Å². The second-order valence-corrected chi connectivity index (χ2v) is 9.69. The first kappa shape index (κ1) is 23.3. The number of carbonyl (C=O) groups excluding carboxylic acids is 3. The van der Waals surface area contributed by atoms with Crippen LogP contribution in [0.25, 0.3) is 6.08 Å². The van der Waals surface area contributed by atoms with Crippen molar-refractivity contribution < 1.29 is 23.9 Å². The van der Waals surface area contributed by atoms with E-state index in [1.54, 1.807) is 42.5 Å². The van der Waals surface area contributed by atoms with Crippen molar-refractivity contribution in [3.63, 3.8) is 0 Å². The summed E-state index contributed by atoms with van der Waals surface area (Å²) in [4.78, 5) is 45.0. The van der Waals surface area contributed by atoms with Gasteiger partial charge in [0, 0.05) is 16.8 Å². The van der Waals surface area contributed by atoms with Gasteiger partial charge in [-0.3, -0.25) is 14.4 Å². The predicted octanol–water partition coefficient (Wildman–Crippen LogP) is 4.76. The van der Waals surface area contributed by atoms with Gasteiger partial charge in [0.15, 0.2) is 17.3 Å². The van der Waals surface area contributed by atoms with Gasteiger partial charge < -0.3 is 14.4 Å². The Morgan fingerprint density at radius 3 is 2.30 bits per heavy atom. The maximum absolute atomic E-state index is 14.1. The number of fused-ring (bicyclic) bond motifs is 5. The van der Waals surface area contributed by atoms with Crippen molar-refractivity contribution in [3.8, 4) is 11.5 Å². The number of methoxy groups -OCH3 is 2. The van der Waals surface area contributed by atoms with Crippen molar-refractivity contribution in [2.75, 3.05) is 19.1 Å². The molecule has 3 aromatic carbocycles. The molecule has 0 spiro atoms. The lowest BCUT2D eigenvalue weighted by Gasteiger charge is -2.35. The van der Waals surface area contributed by atoms with Crippen LogP contribution in [0.3, 0.4) is 0 Å². The minimum atomic E-state index is -0.869. The maximum Gasteiger partial charge on any atom is 0.240 e. The van der Waals surface area contributed by atoms with Crippen LogP contribution in [0.2, 0.25) is 5.02 Å². The zero-order valence-electron chi connectivity index (χ0n) is 20.1. The SMILES string of the molecule is COc1ccc(C(=O)[C@@H]2[C@H]3C(=O)N(c4ccc(Cl)cc4)C(=O)[C@@H]3[C@H]3c4ccccc4C=CN23)cc1OC. The number of carbonyl (C=O) groups is 3. The van der Waals surface area contributed by atoms with Crippen LogP contribution in [0.4, 0.5) is 5.69 Å². The third-order valence-electron chi connectivity index (χ3n) is 7.48. The number of hydrogen-bond acceptors (Lipinski definition) is 6. The Morgan fingerprint density at radius 2 is 1.57 bits per heavy atom. The quantitative estimate of drug-likeness (QED) is 0.361. The molecule has 0 radical (unpaired) electrons. The number of ether oxygens (including phenoxy) is 2. The van der Waals surface area contributed by atoms with Crippen LogP contribution in [0.5, 0.6) is 11.5 Å². The topological polar surface area (TPSA) is 76.2 Å². The molecule has 6 rings (SSSR count). The van der Waals surface area contributed by atoms with Gasteiger partial charge in [-0.2, -0.15) is 0 Å². The van der Waals surface area contributed by atoms with E-state index in [1.807, 2.05) is 41.4 Å². The highest BCUT2D eigenvalue weighted by atomic mass is 35.5. The summed E-state index contributed by atoms with van der Waals surface area (Å²) in [7, 11) is 3.02. The van der Waals surface area contributed by atoms with Crippen molar-refractivity contribution in [3.05, 3.63) is 94.6 Å². The fourth-order valence-corrected chi connectivity index (χ4v) is 5.99. The summed E-state index contributed by atoms with van der Waals surface area (Å²) in [6, 6.07) is 18.0. The molecule has 3 heterocycles. The molecule has 3 aromatic rings. The van der Waals surface area contributed by atoms with Gasteiger partial charge in [-0.25, -0.2) is 4.90 Å². The highest BCUT2D eigenvalue weighted by Gasteiger charge is 2.64. The lowest BCUT2D eigenvalue weighted by atomic mass is 9.83. The molecule has 0 unspecified atom stereocenters. The van der Waals surface area contributed by atoms with E-state index in [0.717, 1.165) is 11.1 Å². The molecule has 7 nitrogen and oxygen atoms in total. The van der Waals surface area contributed by atoms with Gasteiger partial charge in [0.25, 0.3) is 0 Å². The first-order valence-electron chi connectivity index (χ1n) is 11.9. The molecule has 0 aliphatic carbocycles. The van der Waals surface area contributed by atoms with E-state index in [4.69, 9.17) is 21.1 Å². The summed E-state index contributed by atoms with van der Waals surface area (Å²) in [6.45, 7) is 0. The van der Waals surface area contributed by atoms with Gasteiger partial charge in [0.1, 0.15) is 6.04 Å². The van der Waals surface area contributed by atoms with Crippen molar-refractivity contribution in [1.82, 2.24) is 4.90 Å². The van der Waals surface area contributed by atoms with Crippen LogP contribution in [0.1, 0.15) is 27.5 Å². The van der Waals surface area contributed by atoms with Crippen LogP contribution < -0.4 is 14.4 Å². The molecular weight excluding hydrogens is 492 g/mol. The van der Waals surface area contributed by atoms with Crippen LogP contribution in [0, 0.1) is 11.8 Å². The summed E-state index contributed by atoms with van der Waals surface area (Å²) in [5.74, 6) is -1.64. The van der Waals surface area contributed by atoms with E-state index in [0.29, 0.717) is 27.8 Å². The first-order chi connectivity index (χ1) is 17.9. The second-order valence-electron chi connectivity index (χ2n) is 9.26. The molecule has 0 bridgehead atoms. The summed E-state index contributed by atoms with van der Waals surface area (Å²) >= 11 is 6.05. The average Bonchev–Trinajstić information content (AvgIpc) is 3.40. The zero-order chi connectivity index (χ0) is 25.8. The molecule has 2 fully saturated rings. The Balaban J connectivity index is 1.48. The van der Waals surface area contributed by atoms with Gasteiger partial charge in [0.2, 0.25) is 11.8 Å². The van der Waals surface area contributed by atoms with E-state index in [9.17, 15) is 14.4 Å². The molecule has 0 saturated carbocycles. The molecule has 8 heteroatoms. The Bertz CT molecular complexity index is 1470. The van der Waals surface area contributed by atoms with Gasteiger partial charge in [-0.1, -0.05) is 35.9 Å². The van der Waals surface area contributed by atoms with E-state index in [2.05, 4.69) is 0 Å². The molecule has 3 aliphatic heterocycles. The number of anilines is 1. The molecule has 186 valence electrons. The number of halogens is 1. The largest absolute Gasteiger partial charge is 0.493 e. The fourth-order valence-electron chi connectivity index (χ4n) is 5.86. The molecular formula is C29H23ClN2O5. The third kappa shape index (κ3) is 3.45. The van der Waals surface area contributed by atoms with E-state index < -0.39 is 29.8 Å².